The fourth-order valence-corrected chi connectivity index (χ4v) is 1.65. The van der Waals surface area contributed by atoms with E-state index in [0.29, 0.717) is 0 Å². The second-order valence-electron chi connectivity index (χ2n) is 2.72. The van der Waals surface area contributed by atoms with Gasteiger partial charge in [-0.1, -0.05) is 24.3 Å². The highest BCUT2D eigenvalue weighted by Crippen LogP contribution is 2.12. The Kier molecular flexibility index (Phi) is 3.62. The van der Waals surface area contributed by atoms with E-state index in [9.17, 15) is 13.2 Å². The molecule has 0 aliphatic carbocycles. The summed E-state index contributed by atoms with van der Waals surface area (Å²) >= 11 is 0. The number of hydrogen-bond donors (Lipinski definition) is 0. The van der Waals surface area contributed by atoms with Gasteiger partial charge in [-0.2, -0.15) is 8.42 Å². The van der Waals surface area contributed by atoms with Crippen LogP contribution >= 0.6 is 0 Å². The second-order valence-corrected chi connectivity index (χ2v) is 4.25. The molecule has 0 saturated carbocycles. The Balaban J connectivity index is 2.82. The molecule has 0 radical (unpaired) electrons. The average Bonchev–Trinajstić information content (AvgIpc) is 2.19. The number of allylic oxidation sites excluding steroid dienone is 1. The number of carbonyl (C=O) groups is 1. The molecule has 0 aromatic heterocycles. The highest BCUT2D eigenvalue weighted by atomic mass is 32.2. The molecule has 0 amide bonds. The van der Waals surface area contributed by atoms with Gasteiger partial charge in [0, 0.05) is 6.42 Å². The fourth-order valence-electron chi connectivity index (χ4n) is 0.869. The molecule has 80 valence electrons. The largest absolute Gasteiger partial charge is 0.377 e. The van der Waals surface area contributed by atoms with Crippen molar-refractivity contribution in [2.24, 2.45) is 0 Å². The van der Waals surface area contributed by atoms with Crippen LogP contribution in [0, 0.1) is 0 Å². The number of hydrogen-bond acceptors (Lipinski definition) is 4. The van der Waals surface area contributed by atoms with Crippen molar-refractivity contribution in [3.63, 3.8) is 0 Å². The Morgan fingerprint density at radius 3 is 2.47 bits per heavy atom. The van der Waals surface area contributed by atoms with Gasteiger partial charge in [0.25, 0.3) is 5.12 Å². The van der Waals surface area contributed by atoms with Crippen LogP contribution in [0.2, 0.25) is 0 Å². The van der Waals surface area contributed by atoms with Gasteiger partial charge in [-0.3, -0.25) is 4.79 Å². The maximum atomic E-state index is 11.3. The zero-order valence-corrected chi connectivity index (χ0v) is 8.74. The van der Waals surface area contributed by atoms with Crippen LogP contribution < -0.4 is 4.18 Å². The second kappa shape index (κ2) is 4.75. The van der Waals surface area contributed by atoms with E-state index in [-0.39, 0.29) is 12.2 Å². The first kappa shape index (κ1) is 11.5. The summed E-state index contributed by atoms with van der Waals surface area (Å²) in [5.41, 5.74) is 0. The van der Waals surface area contributed by atoms with Crippen molar-refractivity contribution in [2.75, 3.05) is 0 Å². The molecule has 0 bridgehead atoms. The zero-order chi connectivity index (χ0) is 11.3. The van der Waals surface area contributed by atoms with Crippen LogP contribution in [0.5, 0.6) is 5.75 Å². The SMILES string of the molecule is C=CCC(=O)S(=O)(=O)Oc1ccccc1. The lowest BCUT2D eigenvalue weighted by molar-refractivity contribution is -0.111. The number of rotatable bonds is 4. The summed E-state index contributed by atoms with van der Waals surface area (Å²) in [6.07, 6.45) is 0.962. The van der Waals surface area contributed by atoms with Crippen molar-refractivity contribution < 1.29 is 17.4 Å². The van der Waals surface area contributed by atoms with Crippen molar-refractivity contribution in [3.8, 4) is 5.75 Å². The fraction of sp³-hybridized carbons (Fsp3) is 0.100. The summed E-state index contributed by atoms with van der Waals surface area (Å²) in [7, 11) is -4.19. The first-order valence-electron chi connectivity index (χ1n) is 4.19. The maximum Gasteiger partial charge on any atom is 0.373 e. The minimum atomic E-state index is -4.19. The molecule has 0 unspecified atom stereocenters. The minimum absolute atomic E-state index is 0.120. The number of carbonyl (C=O) groups excluding carboxylic acids is 1. The minimum Gasteiger partial charge on any atom is -0.377 e. The van der Waals surface area contributed by atoms with Crippen molar-refractivity contribution in [2.45, 2.75) is 6.42 Å². The molecule has 0 N–H and O–H groups in total. The standard InChI is InChI=1S/C10H10O4S/c1-2-6-10(11)15(12,13)14-9-7-4-3-5-8-9/h2-5,7-8H,1,6H2. The number of para-hydroxylation sites is 1. The average molecular weight is 226 g/mol. The van der Waals surface area contributed by atoms with Crippen LogP contribution in [0.15, 0.2) is 43.0 Å². The highest BCUT2D eigenvalue weighted by molar-refractivity contribution is 8.02. The quantitative estimate of drug-likeness (QED) is 0.576. The molecular formula is C10H10O4S. The zero-order valence-electron chi connectivity index (χ0n) is 7.92. The molecular weight excluding hydrogens is 216 g/mol. The predicted molar refractivity (Wildman–Crippen MR) is 55.8 cm³/mol. The maximum absolute atomic E-state index is 11.3. The normalized spacial score (nSPS) is 10.7. The highest BCUT2D eigenvalue weighted by Gasteiger charge is 2.22. The van der Waals surface area contributed by atoms with Gasteiger partial charge in [-0.05, 0) is 12.1 Å². The van der Waals surface area contributed by atoms with Gasteiger partial charge in [-0.25, -0.2) is 0 Å². The van der Waals surface area contributed by atoms with Gasteiger partial charge in [0.1, 0.15) is 5.75 Å². The van der Waals surface area contributed by atoms with Crippen LogP contribution in [0.25, 0.3) is 0 Å². The van der Waals surface area contributed by atoms with Gasteiger partial charge >= 0.3 is 10.1 Å². The predicted octanol–water partition coefficient (Wildman–Crippen LogP) is 1.50. The van der Waals surface area contributed by atoms with Crippen molar-refractivity contribution in [1.82, 2.24) is 0 Å². The van der Waals surface area contributed by atoms with Gasteiger partial charge < -0.3 is 4.18 Å². The molecule has 4 nitrogen and oxygen atoms in total. The molecule has 0 aliphatic heterocycles. The summed E-state index contributed by atoms with van der Waals surface area (Å²) in [5.74, 6) is 0.120. The lowest BCUT2D eigenvalue weighted by Crippen LogP contribution is -2.19. The molecule has 0 atom stereocenters. The van der Waals surface area contributed by atoms with E-state index in [4.69, 9.17) is 0 Å². The van der Waals surface area contributed by atoms with E-state index in [1.165, 1.54) is 18.2 Å². The van der Waals surface area contributed by atoms with Crippen LogP contribution in [0.4, 0.5) is 0 Å². The van der Waals surface area contributed by atoms with E-state index in [0.717, 1.165) is 0 Å². The van der Waals surface area contributed by atoms with Crippen LogP contribution in [0.1, 0.15) is 6.42 Å². The summed E-state index contributed by atoms with van der Waals surface area (Å²) in [4.78, 5) is 11.1. The molecule has 1 rings (SSSR count). The van der Waals surface area contributed by atoms with E-state index in [2.05, 4.69) is 10.8 Å². The third-order valence-corrected chi connectivity index (χ3v) is 2.68. The Bertz CT molecular complexity index is 448. The van der Waals surface area contributed by atoms with E-state index < -0.39 is 15.2 Å². The molecule has 5 heteroatoms. The smallest absolute Gasteiger partial charge is 0.373 e. The monoisotopic (exact) mass is 226 g/mol. The summed E-state index contributed by atoms with van der Waals surface area (Å²) < 4.78 is 27.1. The molecule has 0 spiro atoms. The third kappa shape index (κ3) is 3.21. The molecule has 1 aromatic rings. The van der Waals surface area contributed by atoms with Crippen LogP contribution in [-0.4, -0.2) is 13.5 Å². The summed E-state index contributed by atoms with van der Waals surface area (Å²) in [5, 5.41) is -0.999. The van der Waals surface area contributed by atoms with E-state index in [1.807, 2.05) is 0 Å². The molecule has 15 heavy (non-hydrogen) atoms. The van der Waals surface area contributed by atoms with Gasteiger partial charge in [0.2, 0.25) is 0 Å². The van der Waals surface area contributed by atoms with Gasteiger partial charge in [-0.15, -0.1) is 6.58 Å². The van der Waals surface area contributed by atoms with Crippen molar-refractivity contribution in [1.29, 1.82) is 0 Å². The molecule has 0 fully saturated rings. The van der Waals surface area contributed by atoms with E-state index in [1.54, 1.807) is 18.2 Å². The molecule has 0 aliphatic rings. The molecule has 0 saturated heterocycles. The van der Waals surface area contributed by atoms with Crippen LogP contribution in [0.3, 0.4) is 0 Å². The topological polar surface area (TPSA) is 60.4 Å². The first-order chi connectivity index (χ1) is 7.06. The van der Waals surface area contributed by atoms with E-state index >= 15 is 0 Å². The van der Waals surface area contributed by atoms with Crippen molar-refractivity contribution in [3.05, 3.63) is 43.0 Å². The van der Waals surface area contributed by atoms with Crippen LogP contribution in [-0.2, 0) is 14.9 Å². The third-order valence-electron chi connectivity index (χ3n) is 1.54. The van der Waals surface area contributed by atoms with Gasteiger partial charge in [0.05, 0.1) is 0 Å². The Morgan fingerprint density at radius 1 is 1.33 bits per heavy atom. The Labute approximate surface area is 88.3 Å². The number of benzene rings is 1. The Morgan fingerprint density at radius 2 is 1.93 bits per heavy atom. The summed E-state index contributed by atoms with van der Waals surface area (Å²) in [6, 6.07) is 7.86. The lowest BCUT2D eigenvalue weighted by atomic mass is 10.3. The van der Waals surface area contributed by atoms with Gasteiger partial charge in [0.15, 0.2) is 0 Å². The van der Waals surface area contributed by atoms with Crippen molar-refractivity contribution >= 4 is 15.2 Å². The lowest BCUT2D eigenvalue weighted by Gasteiger charge is -2.03. The summed E-state index contributed by atoms with van der Waals surface area (Å²) in [6.45, 7) is 3.28. The molecule has 1 aromatic carbocycles. The first-order valence-corrected chi connectivity index (χ1v) is 5.60. The Hall–Kier alpha value is -1.62. The molecule has 0 heterocycles.